The molecule has 0 aliphatic carbocycles. The van der Waals surface area contributed by atoms with E-state index in [1.165, 1.54) is 11.3 Å². The number of nitrogens with zero attached hydrogens (tertiary/aromatic N) is 2. The van der Waals surface area contributed by atoms with E-state index < -0.39 is 5.91 Å². The summed E-state index contributed by atoms with van der Waals surface area (Å²) in [4.78, 5) is 17.9. The highest BCUT2D eigenvalue weighted by Crippen LogP contribution is 2.39. The lowest BCUT2D eigenvalue weighted by molar-refractivity contribution is -0.117. The van der Waals surface area contributed by atoms with Gasteiger partial charge < -0.3 is 15.8 Å². The Morgan fingerprint density at radius 3 is 2.87 bits per heavy atom. The lowest BCUT2D eigenvalue weighted by Crippen LogP contribution is -2.13. The molecule has 4 rings (SSSR count). The Morgan fingerprint density at radius 1 is 1.32 bits per heavy atom. The molecule has 0 aliphatic heterocycles. The molecule has 160 valence electrons. The van der Waals surface area contributed by atoms with Crippen LogP contribution in [0.3, 0.4) is 0 Å². The number of carbonyl (C=O) groups is 1. The lowest BCUT2D eigenvalue weighted by atomic mass is 10.1. The van der Waals surface area contributed by atoms with E-state index in [0.717, 1.165) is 38.8 Å². The van der Waals surface area contributed by atoms with Gasteiger partial charge in [-0.15, -0.1) is 11.3 Å². The first kappa shape index (κ1) is 21.4. The summed E-state index contributed by atoms with van der Waals surface area (Å²) in [6, 6.07) is 13.6. The van der Waals surface area contributed by atoms with E-state index in [-0.39, 0.29) is 12.5 Å². The van der Waals surface area contributed by atoms with Crippen molar-refractivity contribution in [2.45, 2.75) is 26.0 Å². The zero-order valence-corrected chi connectivity index (χ0v) is 18.8. The number of benzene rings is 1. The Labute approximate surface area is 189 Å². The second-order valence-corrected chi connectivity index (χ2v) is 8.81. The monoisotopic (exact) mass is 454 g/mol. The summed E-state index contributed by atoms with van der Waals surface area (Å²) < 4.78 is 8.29. The zero-order valence-electron chi connectivity index (χ0n) is 17.3. The summed E-state index contributed by atoms with van der Waals surface area (Å²) in [6.07, 6.45) is 3.72. The fourth-order valence-electron chi connectivity index (χ4n) is 3.49. The fraction of sp³-hybridized carbons (Fsp3) is 0.217. The smallest absolute Gasteiger partial charge is 0.222 e. The van der Waals surface area contributed by atoms with Gasteiger partial charge in [0.1, 0.15) is 17.5 Å². The van der Waals surface area contributed by atoms with E-state index in [2.05, 4.69) is 22.6 Å². The number of halogens is 1. The van der Waals surface area contributed by atoms with E-state index in [0.29, 0.717) is 10.8 Å². The van der Waals surface area contributed by atoms with Crippen LogP contribution in [0.15, 0.2) is 54.9 Å². The predicted octanol–water partition coefficient (Wildman–Crippen LogP) is 4.60. The predicted molar refractivity (Wildman–Crippen MR) is 125 cm³/mol. The molecule has 0 saturated heterocycles. The van der Waals surface area contributed by atoms with Crippen molar-refractivity contribution in [3.63, 3.8) is 0 Å². The summed E-state index contributed by atoms with van der Waals surface area (Å²) in [5.74, 6) is 0.227. The minimum Gasteiger partial charge on any atom is -0.485 e. The highest BCUT2D eigenvalue weighted by Gasteiger charge is 2.19. The molecule has 4 aromatic rings. The van der Waals surface area contributed by atoms with Crippen molar-refractivity contribution in [1.82, 2.24) is 14.7 Å². The second kappa shape index (κ2) is 9.09. The quantitative estimate of drug-likeness (QED) is 0.407. The van der Waals surface area contributed by atoms with Crippen LogP contribution in [0.4, 0.5) is 0 Å². The van der Waals surface area contributed by atoms with Gasteiger partial charge in [-0.3, -0.25) is 9.20 Å². The van der Waals surface area contributed by atoms with E-state index in [4.69, 9.17) is 22.1 Å². The molecular weight excluding hydrogens is 432 g/mol. The Hall–Kier alpha value is -2.87. The van der Waals surface area contributed by atoms with Crippen LogP contribution in [-0.2, 0) is 17.8 Å². The topological polar surface area (TPSA) is 81.7 Å². The number of hydrogen-bond donors (Lipinski definition) is 2. The highest BCUT2D eigenvalue weighted by molar-refractivity contribution is 7.15. The van der Waals surface area contributed by atoms with E-state index in [1.807, 2.05) is 61.0 Å². The summed E-state index contributed by atoms with van der Waals surface area (Å²) in [7, 11) is 1.91. The molecule has 6 nitrogen and oxygen atoms in total. The van der Waals surface area contributed by atoms with Crippen LogP contribution in [0.25, 0.3) is 16.2 Å². The number of rotatable bonds is 8. The van der Waals surface area contributed by atoms with Gasteiger partial charge in [0.25, 0.3) is 0 Å². The van der Waals surface area contributed by atoms with Crippen LogP contribution in [-0.4, -0.2) is 22.3 Å². The molecule has 0 aliphatic rings. The van der Waals surface area contributed by atoms with Crippen LogP contribution >= 0.6 is 22.9 Å². The number of pyridine rings is 1. The van der Waals surface area contributed by atoms with Crippen LogP contribution in [0, 0.1) is 0 Å². The molecule has 8 heteroatoms. The van der Waals surface area contributed by atoms with Gasteiger partial charge in [-0.25, -0.2) is 4.98 Å². The maximum Gasteiger partial charge on any atom is 0.222 e. The minimum absolute atomic E-state index is 0.108. The summed E-state index contributed by atoms with van der Waals surface area (Å²) in [6.45, 7) is 2.69. The standard InChI is InChI=1S/C23H23ClN4O2S/c1-14(16-5-3-4-6-17(16)24)30-19-9-20(31-21(19)10-22(25)29)18-12-27-23-8-7-15(11-26-2)13-28(18)23/h3-9,12-14,26H,10-11H2,1-2H3,(H2,25,29)/t14-/m1/s1. The lowest BCUT2D eigenvalue weighted by Gasteiger charge is -2.16. The van der Waals surface area contributed by atoms with Gasteiger partial charge in [-0.05, 0) is 31.7 Å². The molecule has 1 aromatic carbocycles. The van der Waals surface area contributed by atoms with Crippen molar-refractivity contribution in [2.24, 2.45) is 5.73 Å². The van der Waals surface area contributed by atoms with Gasteiger partial charge in [0.05, 0.1) is 28.1 Å². The SMILES string of the molecule is CNCc1ccc2ncc(-c3cc(O[C@H](C)c4ccccc4Cl)c(CC(N)=O)s3)n2c1. The number of primary amides is 1. The second-order valence-electron chi connectivity index (χ2n) is 7.26. The number of fused-ring (bicyclic) bond motifs is 1. The number of imidazole rings is 1. The first-order chi connectivity index (χ1) is 15.0. The van der Waals surface area contributed by atoms with Gasteiger partial charge in [0.15, 0.2) is 0 Å². The third-order valence-corrected chi connectivity index (χ3v) is 6.44. The molecule has 31 heavy (non-hydrogen) atoms. The summed E-state index contributed by atoms with van der Waals surface area (Å²) in [5, 5.41) is 3.80. The number of carbonyl (C=O) groups excluding carboxylic acids is 1. The molecule has 0 saturated carbocycles. The van der Waals surface area contributed by atoms with E-state index in [1.54, 1.807) is 0 Å². The average Bonchev–Trinajstić information content (AvgIpc) is 3.31. The van der Waals surface area contributed by atoms with Gasteiger partial charge in [0, 0.05) is 29.4 Å². The Kier molecular flexibility index (Phi) is 6.27. The fourth-order valence-corrected chi connectivity index (χ4v) is 4.89. The summed E-state index contributed by atoms with van der Waals surface area (Å²) in [5.41, 5.74) is 9.31. The molecule has 1 amide bonds. The molecule has 3 aromatic heterocycles. The Morgan fingerprint density at radius 2 is 2.13 bits per heavy atom. The van der Waals surface area contributed by atoms with Gasteiger partial charge >= 0.3 is 0 Å². The zero-order chi connectivity index (χ0) is 22.0. The van der Waals surface area contributed by atoms with Crippen LogP contribution in [0.5, 0.6) is 5.75 Å². The third-order valence-electron chi connectivity index (χ3n) is 4.95. The van der Waals surface area contributed by atoms with Gasteiger partial charge in [-0.1, -0.05) is 35.9 Å². The maximum atomic E-state index is 11.7. The number of hydrogen-bond acceptors (Lipinski definition) is 5. The molecule has 1 atom stereocenters. The maximum absolute atomic E-state index is 11.7. The van der Waals surface area contributed by atoms with Crippen LogP contribution in [0.2, 0.25) is 5.02 Å². The van der Waals surface area contributed by atoms with Crippen LogP contribution in [0.1, 0.15) is 29.0 Å². The minimum atomic E-state index is -0.405. The first-order valence-electron chi connectivity index (χ1n) is 9.89. The highest BCUT2D eigenvalue weighted by atomic mass is 35.5. The largest absolute Gasteiger partial charge is 0.485 e. The number of amides is 1. The molecule has 0 spiro atoms. The van der Waals surface area contributed by atoms with Crippen molar-refractivity contribution in [2.75, 3.05) is 7.05 Å². The molecule has 0 radical (unpaired) electrons. The first-order valence-corrected chi connectivity index (χ1v) is 11.1. The molecule has 0 fully saturated rings. The van der Waals surface area contributed by atoms with Gasteiger partial charge in [-0.2, -0.15) is 0 Å². The van der Waals surface area contributed by atoms with Crippen molar-refractivity contribution < 1.29 is 9.53 Å². The third kappa shape index (κ3) is 4.58. The summed E-state index contributed by atoms with van der Waals surface area (Å²) >= 11 is 7.82. The molecule has 0 bridgehead atoms. The number of aromatic nitrogens is 2. The Balaban J connectivity index is 1.72. The van der Waals surface area contributed by atoms with E-state index in [9.17, 15) is 4.79 Å². The Bertz CT molecular complexity index is 1230. The number of thiophene rings is 1. The van der Waals surface area contributed by atoms with Crippen molar-refractivity contribution >= 4 is 34.5 Å². The number of ether oxygens (including phenoxy) is 1. The van der Waals surface area contributed by atoms with Crippen LogP contribution < -0.4 is 15.8 Å². The molecule has 3 N–H and O–H groups in total. The number of nitrogens with one attached hydrogen (secondary N) is 1. The van der Waals surface area contributed by atoms with Crippen molar-refractivity contribution in [3.8, 4) is 16.3 Å². The van der Waals surface area contributed by atoms with Gasteiger partial charge in [0.2, 0.25) is 5.91 Å². The normalized spacial score (nSPS) is 12.2. The van der Waals surface area contributed by atoms with Crippen molar-refractivity contribution in [3.05, 3.63) is 75.9 Å². The molecular formula is C23H23ClN4O2S. The van der Waals surface area contributed by atoms with Crippen molar-refractivity contribution in [1.29, 1.82) is 0 Å². The molecule has 0 unspecified atom stereocenters. The number of nitrogens with two attached hydrogens (primary N) is 1. The average molecular weight is 455 g/mol. The van der Waals surface area contributed by atoms with E-state index >= 15 is 0 Å². The molecule has 3 heterocycles.